The van der Waals surface area contributed by atoms with Crippen LogP contribution in [0.5, 0.6) is 0 Å². The van der Waals surface area contributed by atoms with E-state index in [1.807, 2.05) is 13.0 Å². The Hall–Kier alpha value is -2.11. The molecule has 1 aromatic heterocycles. The van der Waals surface area contributed by atoms with Gasteiger partial charge in [-0.3, -0.25) is 4.79 Å². The Bertz CT molecular complexity index is 662. The number of carbonyl (C=O) groups excluding carboxylic acids is 1. The third-order valence-corrected chi connectivity index (χ3v) is 4.67. The molecule has 0 bridgehead atoms. The SMILES string of the molecule is CNc1nnc(S[C@H](C)C(=O)Nc2ccc(C#N)cc2)s1. The zero-order valence-electron chi connectivity index (χ0n) is 11.5. The Morgan fingerprint density at radius 2 is 2.10 bits per heavy atom. The highest BCUT2D eigenvalue weighted by Crippen LogP contribution is 2.29. The summed E-state index contributed by atoms with van der Waals surface area (Å²) >= 11 is 2.76. The zero-order chi connectivity index (χ0) is 15.2. The van der Waals surface area contributed by atoms with E-state index >= 15 is 0 Å². The van der Waals surface area contributed by atoms with Crippen LogP contribution in [0.3, 0.4) is 0 Å². The van der Waals surface area contributed by atoms with Crippen molar-refractivity contribution in [2.45, 2.75) is 16.5 Å². The molecule has 0 saturated carbocycles. The summed E-state index contributed by atoms with van der Waals surface area (Å²) in [5, 5.41) is 22.8. The largest absolute Gasteiger partial charge is 0.363 e. The average molecular weight is 319 g/mol. The van der Waals surface area contributed by atoms with Crippen LogP contribution in [0.15, 0.2) is 28.6 Å². The highest BCUT2D eigenvalue weighted by atomic mass is 32.2. The smallest absolute Gasteiger partial charge is 0.237 e. The number of hydrogen-bond acceptors (Lipinski definition) is 7. The van der Waals surface area contributed by atoms with Crippen LogP contribution in [0.25, 0.3) is 0 Å². The number of nitrogens with one attached hydrogen (secondary N) is 2. The van der Waals surface area contributed by atoms with E-state index in [-0.39, 0.29) is 11.2 Å². The number of aromatic nitrogens is 2. The summed E-state index contributed by atoms with van der Waals surface area (Å²) in [7, 11) is 1.77. The van der Waals surface area contributed by atoms with Crippen molar-refractivity contribution < 1.29 is 4.79 Å². The quantitative estimate of drug-likeness (QED) is 0.823. The molecule has 0 fully saturated rings. The first kappa shape index (κ1) is 15.3. The van der Waals surface area contributed by atoms with E-state index in [1.54, 1.807) is 31.3 Å². The lowest BCUT2D eigenvalue weighted by molar-refractivity contribution is -0.115. The summed E-state index contributed by atoms with van der Waals surface area (Å²) < 4.78 is 0.738. The monoisotopic (exact) mass is 319 g/mol. The normalized spacial score (nSPS) is 11.5. The summed E-state index contributed by atoms with van der Waals surface area (Å²) in [6, 6.07) is 8.77. The van der Waals surface area contributed by atoms with Gasteiger partial charge in [-0.15, -0.1) is 10.2 Å². The van der Waals surface area contributed by atoms with Crippen molar-refractivity contribution in [3.63, 3.8) is 0 Å². The van der Waals surface area contributed by atoms with E-state index in [1.165, 1.54) is 23.1 Å². The molecule has 2 aromatic rings. The first-order valence-corrected chi connectivity index (χ1v) is 7.81. The number of benzene rings is 1. The molecule has 1 heterocycles. The number of amides is 1. The van der Waals surface area contributed by atoms with Gasteiger partial charge in [0.05, 0.1) is 16.9 Å². The van der Waals surface area contributed by atoms with Crippen molar-refractivity contribution in [2.24, 2.45) is 0 Å². The minimum absolute atomic E-state index is 0.120. The maximum atomic E-state index is 12.1. The van der Waals surface area contributed by atoms with Crippen LogP contribution < -0.4 is 10.6 Å². The van der Waals surface area contributed by atoms with Gasteiger partial charge in [-0.25, -0.2) is 0 Å². The van der Waals surface area contributed by atoms with Crippen LogP contribution in [0.1, 0.15) is 12.5 Å². The first-order valence-electron chi connectivity index (χ1n) is 6.11. The van der Waals surface area contributed by atoms with Gasteiger partial charge in [-0.1, -0.05) is 23.1 Å². The minimum atomic E-state index is -0.293. The van der Waals surface area contributed by atoms with E-state index in [2.05, 4.69) is 20.8 Å². The van der Waals surface area contributed by atoms with Crippen LogP contribution in [0.2, 0.25) is 0 Å². The molecule has 0 aliphatic heterocycles. The van der Waals surface area contributed by atoms with Gasteiger partial charge in [0.25, 0.3) is 0 Å². The van der Waals surface area contributed by atoms with Crippen molar-refractivity contribution in [3.8, 4) is 6.07 Å². The van der Waals surface area contributed by atoms with Gasteiger partial charge < -0.3 is 10.6 Å². The van der Waals surface area contributed by atoms with E-state index in [4.69, 9.17) is 5.26 Å². The highest BCUT2D eigenvalue weighted by Gasteiger charge is 2.17. The molecule has 6 nitrogen and oxygen atoms in total. The molecule has 2 rings (SSSR count). The number of thioether (sulfide) groups is 1. The van der Waals surface area contributed by atoms with E-state index < -0.39 is 0 Å². The van der Waals surface area contributed by atoms with Crippen molar-refractivity contribution in [1.29, 1.82) is 5.26 Å². The molecule has 108 valence electrons. The Balaban J connectivity index is 1.94. The Morgan fingerprint density at radius 3 is 2.67 bits per heavy atom. The summed E-state index contributed by atoms with van der Waals surface area (Å²) in [5.41, 5.74) is 1.23. The van der Waals surface area contributed by atoms with Crippen LogP contribution in [0.4, 0.5) is 10.8 Å². The van der Waals surface area contributed by atoms with Crippen LogP contribution in [-0.4, -0.2) is 28.4 Å². The lowest BCUT2D eigenvalue weighted by atomic mass is 10.2. The van der Waals surface area contributed by atoms with Gasteiger partial charge in [0.15, 0.2) is 4.34 Å². The number of nitrogens with zero attached hydrogens (tertiary/aromatic N) is 3. The fourth-order valence-corrected chi connectivity index (χ4v) is 3.28. The first-order chi connectivity index (χ1) is 10.1. The fourth-order valence-electron chi connectivity index (χ4n) is 1.44. The van der Waals surface area contributed by atoms with Crippen LogP contribution >= 0.6 is 23.1 Å². The third kappa shape index (κ3) is 4.18. The second-order valence-electron chi connectivity index (χ2n) is 4.06. The van der Waals surface area contributed by atoms with Crippen LogP contribution in [-0.2, 0) is 4.79 Å². The van der Waals surface area contributed by atoms with Gasteiger partial charge in [0.1, 0.15) is 0 Å². The fraction of sp³-hybridized carbons (Fsp3) is 0.231. The number of nitriles is 1. The van der Waals surface area contributed by atoms with Gasteiger partial charge in [-0.05, 0) is 31.2 Å². The van der Waals surface area contributed by atoms with Crippen LogP contribution in [0, 0.1) is 11.3 Å². The van der Waals surface area contributed by atoms with Gasteiger partial charge in [0.2, 0.25) is 11.0 Å². The minimum Gasteiger partial charge on any atom is -0.363 e. The standard InChI is InChI=1S/C13H13N5OS2/c1-8(20-13-18-17-12(15-2)21-13)11(19)16-10-5-3-9(7-14)4-6-10/h3-6,8H,1-2H3,(H,15,17)(H,16,19)/t8-/m1/s1. The molecule has 0 aliphatic carbocycles. The molecular formula is C13H13N5OS2. The predicted molar refractivity (Wildman–Crippen MR) is 84.6 cm³/mol. The molecule has 21 heavy (non-hydrogen) atoms. The lowest BCUT2D eigenvalue weighted by Gasteiger charge is -2.10. The summed E-state index contributed by atoms with van der Waals surface area (Å²) in [6.07, 6.45) is 0. The zero-order valence-corrected chi connectivity index (χ0v) is 13.1. The van der Waals surface area contributed by atoms with Gasteiger partial charge in [0, 0.05) is 12.7 Å². The molecule has 1 amide bonds. The second-order valence-corrected chi connectivity index (χ2v) is 6.63. The van der Waals surface area contributed by atoms with Crippen molar-refractivity contribution >= 4 is 39.8 Å². The molecule has 2 N–H and O–H groups in total. The predicted octanol–water partition coefficient (Wildman–Crippen LogP) is 2.57. The summed E-state index contributed by atoms with van der Waals surface area (Å²) in [4.78, 5) is 12.1. The van der Waals surface area contributed by atoms with E-state index in [0.717, 1.165) is 9.47 Å². The average Bonchev–Trinajstić information content (AvgIpc) is 2.95. The molecule has 0 spiro atoms. The highest BCUT2D eigenvalue weighted by molar-refractivity contribution is 8.02. The van der Waals surface area contributed by atoms with Crippen molar-refractivity contribution in [3.05, 3.63) is 29.8 Å². The summed E-state index contributed by atoms with van der Waals surface area (Å²) in [5.74, 6) is -0.120. The van der Waals surface area contributed by atoms with E-state index in [9.17, 15) is 4.79 Å². The Morgan fingerprint density at radius 1 is 1.38 bits per heavy atom. The molecular weight excluding hydrogens is 306 g/mol. The lowest BCUT2D eigenvalue weighted by Crippen LogP contribution is -2.22. The molecule has 0 unspecified atom stereocenters. The topological polar surface area (TPSA) is 90.7 Å². The molecule has 1 aromatic carbocycles. The second kappa shape index (κ2) is 7.06. The number of carbonyl (C=O) groups is 1. The molecule has 0 radical (unpaired) electrons. The molecule has 0 saturated heterocycles. The van der Waals surface area contributed by atoms with Gasteiger partial charge >= 0.3 is 0 Å². The van der Waals surface area contributed by atoms with Gasteiger partial charge in [-0.2, -0.15) is 5.26 Å². The Kier molecular flexibility index (Phi) is 5.14. The van der Waals surface area contributed by atoms with Crippen molar-refractivity contribution in [1.82, 2.24) is 10.2 Å². The van der Waals surface area contributed by atoms with E-state index in [0.29, 0.717) is 11.3 Å². The molecule has 1 atom stereocenters. The Labute approximate surface area is 130 Å². The molecule has 0 aliphatic rings. The number of hydrogen-bond donors (Lipinski definition) is 2. The summed E-state index contributed by atoms with van der Waals surface area (Å²) in [6.45, 7) is 1.81. The van der Waals surface area contributed by atoms with Crippen molar-refractivity contribution in [2.75, 3.05) is 17.7 Å². The number of rotatable bonds is 5. The maximum absolute atomic E-state index is 12.1. The number of anilines is 2. The maximum Gasteiger partial charge on any atom is 0.237 e. The molecule has 8 heteroatoms. The third-order valence-electron chi connectivity index (χ3n) is 2.55.